The zero-order valence-corrected chi connectivity index (χ0v) is 10.8. The van der Waals surface area contributed by atoms with Crippen molar-refractivity contribution in [3.63, 3.8) is 0 Å². The van der Waals surface area contributed by atoms with Gasteiger partial charge in [-0.25, -0.2) is 0 Å². The Bertz CT molecular complexity index is 460. The average molecular weight is 266 g/mol. The Hall–Kier alpha value is -2.24. The number of nitrogens with two attached hydrogens (primary N) is 1. The Kier molecular flexibility index (Phi) is 5.66. The molecule has 0 radical (unpaired) electrons. The SMILES string of the molecule is COC(=O)CCCCNC(=O)c1cc(N)ccc1O. The average Bonchev–Trinajstić information content (AvgIpc) is 2.40. The van der Waals surface area contributed by atoms with E-state index in [2.05, 4.69) is 10.1 Å². The van der Waals surface area contributed by atoms with Crippen molar-refractivity contribution in [3.8, 4) is 5.75 Å². The second-order valence-corrected chi connectivity index (χ2v) is 4.07. The van der Waals surface area contributed by atoms with E-state index in [1.165, 1.54) is 25.3 Å². The second-order valence-electron chi connectivity index (χ2n) is 4.07. The van der Waals surface area contributed by atoms with E-state index in [4.69, 9.17) is 5.73 Å². The molecule has 0 spiro atoms. The third kappa shape index (κ3) is 4.87. The third-order valence-corrected chi connectivity index (χ3v) is 2.59. The van der Waals surface area contributed by atoms with E-state index in [9.17, 15) is 14.7 Å². The highest BCUT2D eigenvalue weighted by atomic mass is 16.5. The quantitative estimate of drug-likeness (QED) is 0.309. The molecule has 0 saturated carbocycles. The topological polar surface area (TPSA) is 102 Å². The molecule has 1 amide bonds. The molecule has 0 aliphatic rings. The fraction of sp³-hybridized carbons (Fsp3) is 0.385. The minimum Gasteiger partial charge on any atom is -0.507 e. The molecule has 4 N–H and O–H groups in total. The van der Waals surface area contributed by atoms with Crippen molar-refractivity contribution in [1.82, 2.24) is 5.32 Å². The van der Waals surface area contributed by atoms with E-state index in [1.54, 1.807) is 0 Å². The number of nitrogen functional groups attached to an aromatic ring is 1. The van der Waals surface area contributed by atoms with Crippen molar-refractivity contribution >= 4 is 17.6 Å². The van der Waals surface area contributed by atoms with Gasteiger partial charge in [-0.1, -0.05) is 0 Å². The van der Waals surface area contributed by atoms with Gasteiger partial charge in [-0.2, -0.15) is 0 Å². The van der Waals surface area contributed by atoms with Crippen LogP contribution in [-0.4, -0.2) is 30.6 Å². The Morgan fingerprint density at radius 2 is 2.11 bits per heavy atom. The van der Waals surface area contributed by atoms with Gasteiger partial charge in [0.25, 0.3) is 5.91 Å². The lowest BCUT2D eigenvalue weighted by atomic mass is 10.1. The highest BCUT2D eigenvalue weighted by Crippen LogP contribution is 2.19. The zero-order chi connectivity index (χ0) is 14.3. The summed E-state index contributed by atoms with van der Waals surface area (Å²) < 4.78 is 4.50. The molecule has 19 heavy (non-hydrogen) atoms. The van der Waals surface area contributed by atoms with Gasteiger partial charge in [0.15, 0.2) is 0 Å². The number of aromatic hydroxyl groups is 1. The molecule has 0 fully saturated rings. The number of rotatable bonds is 6. The lowest BCUT2D eigenvalue weighted by Gasteiger charge is -2.07. The van der Waals surface area contributed by atoms with Gasteiger partial charge in [0, 0.05) is 18.7 Å². The number of methoxy groups -OCH3 is 1. The van der Waals surface area contributed by atoms with Gasteiger partial charge < -0.3 is 20.9 Å². The van der Waals surface area contributed by atoms with Crippen molar-refractivity contribution in [2.24, 2.45) is 0 Å². The van der Waals surface area contributed by atoms with E-state index >= 15 is 0 Å². The van der Waals surface area contributed by atoms with Gasteiger partial charge in [-0.15, -0.1) is 0 Å². The maximum absolute atomic E-state index is 11.8. The van der Waals surface area contributed by atoms with Crippen LogP contribution in [0.2, 0.25) is 0 Å². The Balaban J connectivity index is 2.35. The molecule has 6 nitrogen and oxygen atoms in total. The van der Waals surface area contributed by atoms with Crippen LogP contribution >= 0.6 is 0 Å². The lowest BCUT2D eigenvalue weighted by Crippen LogP contribution is -2.24. The molecule has 0 aromatic heterocycles. The number of phenolic OH excluding ortho intramolecular Hbond substituents is 1. The number of hydrogen-bond acceptors (Lipinski definition) is 5. The van der Waals surface area contributed by atoms with Crippen LogP contribution in [0.4, 0.5) is 5.69 Å². The number of nitrogens with one attached hydrogen (secondary N) is 1. The number of ether oxygens (including phenoxy) is 1. The van der Waals surface area contributed by atoms with Gasteiger partial charge in [0.2, 0.25) is 0 Å². The molecular weight excluding hydrogens is 248 g/mol. The lowest BCUT2D eigenvalue weighted by molar-refractivity contribution is -0.140. The molecular formula is C13H18N2O4. The first kappa shape index (κ1) is 14.8. The summed E-state index contributed by atoms with van der Waals surface area (Å²) >= 11 is 0. The van der Waals surface area contributed by atoms with Gasteiger partial charge >= 0.3 is 5.97 Å². The van der Waals surface area contributed by atoms with E-state index < -0.39 is 0 Å². The minimum atomic E-state index is -0.386. The summed E-state index contributed by atoms with van der Waals surface area (Å²) in [5, 5.41) is 12.2. The molecule has 0 unspecified atom stereocenters. The number of hydrogen-bond donors (Lipinski definition) is 3. The molecule has 0 aliphatic heterocycles. The monoisotopic (exact) mass is 266 g/mol. The van der Waals surface area contributed by atoms with Gasteiger partial charge in [-0.05, 0) is 31.0 Å². The molecule has 0 heterocycles. The van der Waals surface area contributed by atoms with Crippen LogP contribution in [0.5, 0.6) is 5.75 Å². The number of anilines is 1. The summed E-state index contributed by atoms with van der Waals surface area (Å²) in [5.41, 5.74) is 6.10. The number of amides is 1. The van der Waals surface area contributed by atoms with Crippen molar-refractivity contribution in [2.75, 3.05) is 19.4 Å². The molecule has 1 aromatic carbocycles. The number of esters is 1. The van der Waals surface area contributed by atoms with Crippen molar-refractivity contribution in [3.05, 3.63) is 23.8 Å². The van der Waals surface area contributed by atoms with Crippen LogP contribution < -0.4 is 11.1 Å². The maximum atomic E-state index is 11.8. The van der Waals surface area contributed by atoms with Crippen LogP contribution in [0, 0.1) is 0 Å². The second kappa shape index (κ2) is 7.25. The van der Waals surface area contributed by atoms with E-state index in [-0.39, 0.29) is 23.2 Å². The normalized spacial score (nSPS) is 9.95. The summed E-state index contributed by atoms with van der Waals surface area (Å²) in [5.74, 6) is -0.760. The van der Waals surface area contributed by atoms with Gasteiger partial charge in [0.05, 0.1) is 12.7 Å². The first-order valence-electron chi connectivity index (χ1n) is 5.98. The molecule has 0 atom stereocenters. The van der Waals surface area contributed by atoms with Crippen LogP contribution in [0.15, 0.2) is 18.2 Å². The fourth-order valence-electron chi connectivity index (χ4n) is 1.53. The number of unbranched alkanes of at least 4 members (excludes halogenated alkanes) is 1. The highest BCUT2D eigenvalue weighted by molar-refractivity contribution is 5.97. The molecule has 6 heteroatoms. The highest BCUT2D eigenvalue weighted by Gasteiger charge is 2.10. The van der Waals surface area contributed by atoms with Crippen LogP contribution in [0.3, 0.4) is 0 Å². The molecule has 0 bridgehead atoms. The largest absolute Gasteiger partial charge is 0.507 e. The summed E-state index contributed by atoms with van der Waals surface area (Å²) in [6.45, 7) is 0.421. The van der Waals surface area contributed by atoms with Crippen molar-refractivity contribution in [2.45, 2.75) is 19.3 Å². The predicted octanol–water partition coefficient (Wildman–Crippen LogP) is 1.05. The Labute approximate surface area is 111 Å². The molecule has 0 saturated heterocycles. The standard InChI is InChI=1S/C13H18N2O4/c1-19-12(17)4-2-3-7-15-13(18)10-8-9(14)5-6-11(10)16/h5-6,8,16H,2-4,7,14H2,1H3,(H,15,18). The number of phenols is 1. The van der Waals surface area contributed by atoms with E-state index in [1.807, 2.05) is 0 Å². The molecule has 0 aliphatic carbocycles. The summed E-state index contributed by atoms with van der Waals surface area (Å²) in [6.07, 6.45) is 1.62. The number of carbonyl (C=O) groups excluding carboxylic acids is 2. The van der Waals surface area contributed by atoms with E-state index in [0.29, 0.717) is 31.5 Å². The van der Waals surface area contributed by atoms with Gasteiger partial charge in [0.1, 0.15) is 5.75 Å². The van der Waals surface area contributed by atoms with Crippen LogP contribution in [0.1, 0.15) is 29.6 Å². The first-order chi connectivity index (χ1) is 9.04. The smallest absolute Gasteiger partial charge is 0.305 e. The van der Waals surface area contributed by atoms with Gasteiger partial charge in [-0.3, -0.25) is 9.59 Å². The maximum Gasteiger partial charge on any atom is 0.305 e. The molecule has 1 aromatic rings. The summed E-state index contributed by atoms with van der Waals surface area (Å²) in [7, 11) is 1.34. The first-order valence-corrected chi connectivity index (χ1v) is 5.98. The zero-order valence-electron chi connectivity index (χ0n) is 10.8. The van der Waals surface area contributed by atoms with Crippen LogP contribution in [-0.2, 0) is 9.53 Å². The van der Waals surface area contributed by atoms with E-state index in [0.717, 1.165) is 0 Å². The number of carbonyl (C=O) groups is 2. The predicted molar refractivity (Wildman–Crippen MR) is 70.7 cm³/mol. The summed E-state index contributed by atoms with van der Waals surface area (Å²) in [4.78, 5) is 22.6. The Morgan fingerprint density at radius 1 is 1.37 bits per heavy atom. The van der Waals surface area contributed by atoms with Crippen molar-refractivity contribution in [1.29, 1.82) is 0 Å². The molecule has 104 valence electrons. The Morgan fingerprint density at radius 3 is 2.79 bits per heavy atom. The third-order valence-electron chi connectivity index (χ3n) is 2.59. The fourth-order valence-corrected chi connectivity index (χ4v) is 1.53. The minimum absolute atomic E-state index is 0.110. The molecule has 1 rings (SSSR count). The summed E-state index contributed by atoms with van der Waals surface area (Å²) in [6, 6.07) is 4.31. The number of benzene rings is 1. The van der Waals surface area contributed by atoms with Crippen molar-refractivity contribution < 1.29 is 19.4 Å². The van der Waals surface area contributed by atoms with Crippen LogP contribution in [0.25, 0.3) is 0 Å².